The summed E-state index contributed by atoms with van der Waals surface area (Å²) in [5.41, 5.74) is 5.77. The molecule has 1 atom stereocenters. The molecule has 2 aliphatic rings. The van der Waals surface area contributed by atoms with Crippen LogP contribution in [0.15, 0.2) is 140 Å². The molecule has 0 radical (unpaired) electrons. The number of hydrogen-bond acceptors (Lipinski definition) is 3. The molecule has 2 aliphatic heterocycles. The zero-order valence-electron chi connectivity index (χ0n) is 27.7. The minimum Gasteiger partial charge on any atom is -0.305 e. The van der Waals surface area contributed by atoms with Crippen LogP contribution in [0.3, 0.4) is 0 Å². The first-order valence-electron chi connectivity index (χ1n) is 16.7. The predicted octanol–water partition coefficient (Wildman–Crippen LogP) is 8.04. The van der Waals surface area contributed by atoms with Gasteiger partial charge in [0, 0.05) is 29.5 Å². The lowest BCUT2D eigenvalue weighted by Crippen LogP contribution is -2.58. The van der Waals surface area contributed by atoms with Crippen molar-refractivity contribution in [3.05, 3.63) is 173 Å². The summed E-state index contributed by atoms with van der Waals surface area (Å²) in [7, 11) is 0. The Bertz CT molecular complexity index is 1860. The maximum Gasteiger partial charge on any atom is 0.247 e. The number of fused-ring (bicyclic) bond motifs is 1. The van der Waals surface area contributed by atoms with Gasteiger partial charge < -0.3 is 4.90 Å². The Morgan fingerprint density at radius 2 is 1.08 bits per heavy atom. The first-order chi connectivity index (χ1) is 23.2. The smallest absolute Gasteiger partial charge is 0.247 e. The van der Waals surface area contributed by atoms with Crippen molar-refractivity contribution in [3.63, 3.8) is 0 Å². The van der Waals surface area contributed by atoms with Gasteiger partial charge >= 0.3 is 0 Å². The zero-order chi connectivity index (χ0) is 33.5. The van der Waals surface area contributed by atoms with Crippen LogP contribution >= 0.6 is 0 Å². The summed E-state index contributed by atoms with van der Waals surface area (Å²) >= 11 is 0. The number of benzene rings is 5. The molecule has 5 heteroatoms. The molecule has 0 bridgehead atoms. The molecule has 0 aliphatic carbocycles. The minimum atomic E-state index is -0.660. The number of carbonyl (C=O) groups excluding carboxylic acids is 3. The Morgan fingerprint density at radius 3 is 1.56 bits per heavy atom. The van der Waals surface area contributed by atoms with E-state index in [0.29, 0.717) is 6.42 Å². The predicted molar refractivity (Wildman–Crippen MR) is 190 cm³/mol. The number of amides is 3. The number of carbonyl (C=O) groups is 3. The molecule has 5 aromatic carbocycles. The van der Waals surface area contributed by atoms with Crippen LogP contribution in [0.25, 0.3) is 0 Å². The van der Waals surface area contributed by atoms with Crippen LogP contribution in [0.1, 0.15) is 73.4 Å². The van der Waals surface area contributed by atoms with Crippen molar-refractivity contribution < 1.29 is 14.4 Å². The van der Waals surface area contributed by atoms with Gasteiger partial charge in [0.25, 0.3) is 0 Å². The Morgan fingerprint density at radius 1 is 0.625 bits per heavy atom. The van der Waals surface area contributed by atoms with Crippen molar-refractivity contribution in [2.24, 2.45) is 0 Å². The summed E-state index contributed by atoms with van der Waals surface area (Å²) in [4.78, 5) is 42.4. The highest BCUT2D eigenvalue weighted by Crippen LogP contribution is 2.53. The van der Waals surface area contributed by atoms with Gasteiger partial charge in [-0.15, -0.1) is 0 Å². The third-order valence-electron chi connectivity index (χ3n) is 10.4. The second-order valence-corrected chi connectivity index (χ2v) is 13.9. The van der Waals surface area contributed by atoms with Crippen LogP contribution in [-0.4, -0.2) is 34.7 Å². The molecule has 3 amide bonds. The summed E-state index contributed by atoms with van der Waals surface area (Å²) in [6, 6.07) is 48.9. The van der Waals surface area contributed by atoms with Crippen LogP contribution in [-0.2, 0) is 25.2 Å². The number of anilines is 1. The van der Waals surface area contributed by atoms with Crippen molar-refractivity contribution >= 4 is 23.4 Å². The fraction of sp³-hybridized carbons (Fsp3) is 0.233. The van der Waals surface area contributed by atoms with Gasteiger partial charge in [0.1, 0.15) is 6.54 Å². The van der Waals surface area contributed by atoms with Gasteiger partial charge in [-0.2, -0.15) is 0 Å². The van der Waals surface area contributed by atoms with Crippen molar-refractivity contribution in [1.82, 2.24) is 4.90 Å². The molecule has 0 saturated carbocycles. The van der Waals surface area contributed by atoms with Crippen molar-refractivity contribution in [2.75, 3.05) is 11.4 Å². The molecule has 5 nitrogen and oxygen atoms in total. The first-order valence-corrected chi connectivity index (χ1v) is 16.7. The van der Waals surface area contributed by atoms with Crippen LogP contribution in [0.5, 0.6) is 0 Å². The van der Waals surface area contributed by atoms with Crippen molar-refractivity contribution in [2.45, 2.75) is 56.4 Å². The third-order valence-corrected chi connectivity index (χ3v) is 10.4. The molecule has 2 heterocycles. The third kappa shape index (κ3) is 5.05. The van der Waals surface area contributed by atoms with E-state index in [1.54, 1.807) is 0 Å². The van der Waals surface area contributed by atoms with Crippen LogP contribution < -0.4 is 4.90 Å². The average molecular weight is 633 g/mol. The Balaban J connectivity index is 1.51. The second kappa shape index (κ2) is 12.1. The number of rotatable bonds is 7. The van der Waals surface area contributed by atoms with Crippen molar-refractivity contribution in [3.8, 4) is 0 Å². The van der Waals surface area contributed by atoms with E-state index in [4.69, 9.17) is 0 Å². The molecular formula is C43H40N2O3. The maximum absolute atomic E-state index is 14.3. The van der Waals surface area contributed by atoms with E-state index in [-0.39, 0.29) is 37.1 Å². The Hall–Kier alpha value is -5.29. The molecule has 240 valence electrons. The van der Waals surface area contributed by atoms with Crippen LogP contribution in [0.2, 0.25) is 0 Å². The molecule has 48 heavy (non-hydrogen) atoms. The number of hydrogen-bond donors (Lipinski definition) is 0. The number of likely N-dealkylation sites (tertiary alicyclic amines) is 1. The minimum absolute atomic E-state index is 0.155. The molecule has 0 unspecified atom stereocenters. The first kappa shape index (κ1) is 31.3. The summed E-state index contributed by atoms with van der Waals surface area (Å²) in [5.74, 6) is -0.828. The van der Waals surface area contributed by atoms with Gasteiger partial charge in [-0.05, 0) is 59.7 Å². The molecular weight excluding hydrogens is 592 g/mol. The monoisotopic (exact) mass is 632 g/mol. The Kier molecular flexibility index (Phi) is 7.87. The molecule has 5 aromatic rings. The number of nitrogens with zero attached hydrogens (tertiary/aromatic N) is 2. The van der Waals surface area contributed by atoms with Gasteiger partial charge in [0.15, 0.2) is 0 Å². The SMILES string of the molecule is CC1(C)C[C@](C)(c2ccccc2)c2cc(C(c3ccccc3)(c3ccccc3)c3ccccc3)ccc2N1C(=O)CN1C(=O)CCC1=O. The van der Waals surface area contributed by atoms with Gasteiger partial charge in [-0.3, -0.25) is 19.3 Å². The molecule has 7 rings (SSSR count). The van der Waals surface area contributed by atoms with E-state index in [9.17, 15) is 14.4 Å². The highest BCUT2D eigenvalue weighted by atomic mass is 16.2. The molecule has 0 spiro atoms. The summed E-state index contributed by atoms with van der Waals surface area (Å²) < 4.78 is 0. The highest BCUT2D eigenvalue weighted by molar-refractivity contribution is 6.07. The van der Waals surface area contributed by atoms with Gasteiger partial charge in [-0.25, -0.2) is 0 Å². The average Bonchev–Trinajstić information content (AvgIpc) is 3.42. The quantitative estimate of drug-likeness (QED) is 0.135. The highest BCUT2D eigenvalue weighted by Gasteiger charge is 2.50. The van der Waals surface area contributed by atoms with Gasteiger partial charge in [0.2, 0.25) is 17.7 Å². The van der Waals surface area contributed by atoms with E-state index < -0.39 is 16.4 Å². The largest absolute Gasteiger partial charge is 0.305 e. The van der Waals surface area contributed by atoms with Gasteiger partial charge in [0.05, 0.1) is 5.41 Å². The summed E-state index contributed by atoms with van der Waals surface area (Å²) in [6.07, 6.45) is 0.952. The van der Waals surface area contributed by atoms with Crippen LogP contribution in [0, 0.1) is 0 Å². The van der Waals surface area contributed by atoms with Gasteiger partial charge in [-0.1, -0.05) is 140 Å². The fourth-order valence-electron chi connectivity index (χ4n) is 8.38. The van der Waals surface area contributed by atoms with E-state index in [1.165, 1.54) is 5.56 Å². The fourth-order valence-corrected chi connectivity index (χ4v) is 8.38. The van der Waals surface area contributed by atoms with E-state index in [1.807, 2.05) is 29.2 Å². The lowest BCUT2D eigenvalue weighted by molar-refractivity contribution is -0.142. The summed E-state index contributed by atoms with van der Waals surface area (Å²) in [6.45, 7) is 6.18. The van der Waals surface area contributed by atoms with E-state index in [2.05, 4.69) is 136 Å². The molecule has 0 N–H and O–H groups in total. The lowest BCUT2D eigenvalue weighted by atomic mass is 9.61. The second-order valence-electron chi connectivity index (χ2n) is 13.9. The van der Waals surface area contributed by atoms with Crippen LogP contribution in [0.4, 0.5) is 5.69 Å². The van der Waals surface area contributed by atoms with Crippen molar-refractivity contribution in [1.29, 1.82) is 0 Å². The molecule has 1 saturated heterocycles. The van der Waals surface area contributed by atoms with E-state index in [0.717, 1.165) is 38.4 Å². The molecule has 1 fully saturated rings. The number of imide groups is 1. The lowest BCUT2D eigenvalue weighted by Gasteiger charge is -2.52. The van der Waals surface area contributed by atoms with E-state index >= 15 is 0 Å². The normalized spacial score (nSPS) is 18.9. The molecule has 0 aromatic heterocycles. The topological polar surface area (TPSA) is 57.7 Å². The summed E-state index contributed by atoms with van der Waals surface area (Å²) in [5, 5.41) is 0. The Labute approximate surface area is 282 Å². The standard InChI is InChI=1S/C43H40N2O3/c1-41(2)30-42(3,31-16-8-4-9-17-31)36-28-35(24-25-37(36)45(41)40(48)29-44-38(46)26-27-39(44)47)43(32-18-10-5-11-19-32,33-20-12-6-13-21-33)34-22-14-7-15-23-34/h4-25,28H,26-27,29-30H2,1-3H3/t42-/m1/s1. The maximum atomic E-state index is 14.3. The zero-order valence-corrected chi connectivity index (χ0v) is 27.7.